The highest BCUT2D eigenvalue weighted by atomic mass is 127. The molecule has 0 aliphatic heterocycles. The fourth-order valence-electron chi connectivity index (χ4n) is 4.07. The van der Waals surface area contributed by atoms with Gasteiger partial charge in [-0.05, 0) is 51.7 Å². The molecule has 1 unspecified atom stereocenters. The number of ether oxygens (including phenoxy) is 1. The Bertz CT molecular complexity index is 634. The summed E-state index contributed by atoms with van der Waals surface area (Å²) in [7, 11) is 0. The Balaban J connectivity index is 0.00000480. The summed E-state index contributed by atoms with van der Waals surface area (Å²) >= 11 is 1.70. The number of hydrogen-bond donors (Lipinski definition) is 2. The van der Waals surface area contributed by atoms with Crippen LogP contribution in [-0.2, 0) is 11.2 Å². The SMILES string of the molecule is CCNC(=NCCCc1nnc(SC)n1C1CCCC1)NCCC(OCC)C(C)C.I. The van der Waals surface area contributed by atoms with Gasteiger partial charge in [-0.1, -0.05) is 38.5 Å². The predicted molar refractivity (Wildman–Crippen MR) is 142 cm³/mol. The maximum absolute atomic E-state index is 5.84. The van der Waals surface area contributed by atoms with Crippen molar-refractivity contribution in [2.24, 2.45) is 10.9 Å². The maximum Gasteiger partial charge on any atom is 0.191 e. The number of aromatic nitrogens is 3. The summed E-state index contributed by atoms with van der Waals surface area (Å²) < 4.78 is 8.23. The van der Waals surface area contributed by atoms with Gasteiger partial charge < -0.3 is 19.9 Å². The van der Waals surface area contributed by atoms with Crippen molar-refractivity contribution in [2.45, 2.75) is 89.9 Å². The summed E-state index contributed by atoms with van der Waals surface area (Å²) in [5.74, 6) is 2.53. The maximum atomic E-state index is 5.84. The lowest BCUT2D eigenvalue weighted by atomic mass is 10.0. The lowest BCUT2D eigenvalue weighted by molar-refractivity contribution is 0.0258. The van der Waals surface area contributed by atoms with Crippen LogP contribution in [0.25, 0.3) is 0 Å². The van der Waals surface area contributed by atoms with Crippen molar-refractivity contribution < 1.29 is 4.74 Å². The number of guanidine groups is 1. The Morgan fingerprint density at radius 1 is 1.23 bits per heavy atom. The van der Waals surface area contributed by atoms with E-state index in [1.165, 1.54) is 25.7 Å². The first-order valence-corrected chi connectivity index (χ1v) is 12.9. The predicted octanol–water partition coefficient (Wildman–Crippen LogP) is 4.67. The molecule has 0 amide bonds. The molecule has 0 radical (unpaired) electrons. The zero-order valence-electron chi connectivity index (χ0n) is 20.0. The van der Waals surface area contributed by atoms with Crippen molar-refractivity contribution in [3.05, 3.63) is 5.82 Å². The van der Waals surface area contributed by atoms with Crippen LogP contribution in [0.5, 0.6) is 0 Å². The van der Waals surface area contributed by atoms with Gasteiger partial charge in [0, 0.05) is 38.7 Å². The molecule has 1 fully saturated rings. The van der Waals surface area contributed by atoms with Gasteiger partial charge in [0.1, 0.15) is 5.82 Å². The second kappa shape index (κ2) is 16.1. The molecule has 31 heavy (non-hydrogen) atoms. The molecule has 2 rings (SSSR count). The van der Waals surface area contributed by atoms with Crippen molar-refractivity contribution in [1.82, 2.24) is 25.4 Å². The Morgan fingerprint density at radius 2 is 1.97 bits per heavy atom. The van der Waals surface area contributed by atoms with Crippen LogP contribution in [0.3, 0.4) is 0 Å². The molecule has 1 aromatic heterocycles. The first-order valence-electron chi connectivity index (χ1n) is 11.7. The molecule has 7 nitrogen and oxygen atoms in total. The Labute approximate surface area is 210 Å². The van der Waals surface area contributed by atoms with E-state index in [4.69, 9.17) is 9.73 Å². The monoisotopic (exact) mass is 566 g/mol. The molecule has 1 heterocycles. The molecule has 9 heteroatoms. The van der Waals surface area contributed by atoms with Gasteiger partial charge in [0.2, 0.25) is 0 Å². The molecule has 1 aromatic rings. The Morgan fingerprint density at radius 3 is 2.58 bits per heavy atom. The smallest absolute Gasteiger partial charge is 0.191 e. The van der Waals surface area contributed by atoms with Crippen LogP contribution < -0.4 is 10.6 Å². The Kier molecular flexibility index (Phi) is 14.8. The lowest BCUT2D eigenvalue weighted by Crippen LogP contribution is -2.39. The van der Waals surface area contributed by atoms with E-state index in [1.807, 2.05) is 0 Å². The van der Waals surface area contributed by atoms with Gasteiger partial charge in [-0.15, -0.1) is 34.2 Å². The largest absolute Gasteiger partial charge is 0.378 e. The minimum absolute atomic E-state index is 0. The van der Waals surface area contributed by atoms with Crippen molar-refractivity contribution in [3.63, 3.8) is 0 Å². The number of nitrogens with zero attached hydrogens (tertiary/aromatic N) is 4. The fraction of sp³-hybridized carbons (Fsp3) is 0.864. The average Bonchev–Trinajstić information content (AvgIpc) is 3.39. The zero-order chi connectivity index (χ0) is 21.8. The minimum Gasteiger partial charge on any atom is -0.378 e. The zero-order valence-corrected chi connectivity index (χ0v) is 23.2. The fourth-order valence-corrected chi connectivity index (χ4v) is 4.65. The highest BCUT2D eigenvalue weighted by molar-refractivity contribution is 14.0. The molecule has 0 bridgehead atoms. The van der Waals surface area contributed by atoms with Gasteiger partial charge in [0.15, 0.2) is 11.1 Å². The molecule has 1 atom stereocenters. The third-order valence-corrected chi connectivity index (χ3v) is 6.27. The molecular weight excluding hydrogens is 523 g/mol. The summed E-state index contributed by atoms with van der Waals surface area (Å²) in [5, 5.41) is 16.8. The van der Waals surface area contributed by atoms with E-state index in [9.17, 15) is 0 Å². The van der Waals surface area contributed by atoms with Crippen LogP contribution in [0.4, 0.5) is 0 Å². The van der Waals surface area contributed by atoms with E-state index in [1.54, 1.807) is 11.8 Å². The summed E-state index contributed by atoms with van der Waals surface area (Å²) in [6, 6.07) is 0.583. The van der Waals surface area contributed by atoms with Crippen molar-refractivity contribution in [2.75, 3.05) is 32.5 Å². The van der Waals surface area contributed by atoms with Gasteiger partial charge in [-0.2, -0.15) is 0 Å². The van der Waals surface area contributed by atoms with Crippen LogP contribution in [0.2, 0.25) is 0 Å². The first-order chi connectivity index (χ1) is 14.6. The van der Waals surface area contributed by atoms with Crippen molar-refractivity contribution in [1.29, 1.82) is 0 Å². The molecule has 0 spiro atoms. The molecule has 0 aromatic carbocycles. The van der Waals surface area contributed by atoms with Crippen LogP contribution in [0.15, 0.2) is 10.1 Å². The van der Waals surface area contributed by atoms with Crippen LogP contribution in [0, 0.1) is 5.92 Å². The number of hydrogen-bond acceptors (Lipinski definition) is 5. The summed E-state index contributed by atoms with van der Waals surface area (Å²) in [6.45, 7) is 11.9. The van der Waals surface area contributed by atoms with E-state index in [-0.39, 0.29) is 30.1 Å². The molecular formula is C22H43IN6OS. The number of aryl methyl sites for hydroxylation is 1. The van der Waals surface area contributed by atoms with Crippen LogP contribution >= 0.6 is 35.7 Å². The van der Waals surface area contributed by atoms with Crippen molar-refractivity contribution in [3.8, 4) is 0 Å². The topological polar surface area (TPSA) is 76.4 Å². The number of aliphatic imine (C=N–C) groups is 1. The number of thioether (sulfide) groups is 1. The minimum atomic E-state index is 0. The number of rotatable bonds is 13. The van der Waals surface area contributed by atoms with E-state index in [0.29, 0.717) is 12.0 Å². The summed E-state index contributed by atoms with van der Waals surface area (Å²) in [4.78, 5) is 4.76. The number of nitrogens with one attached hydrogen (secondary N) is 2. The van der Waals surface area contributed by atoms with Gasteiger partial charge in [-0.3, -0.25) is 4.99 Å². The van der Waals surface area contributed by atoms with Gasteiger partial charge in [0.25, 0.3) is 0 Å². The summed E-state index contributed by atoms with van der Waals surface area (Å²) in [5.41, 5.74) is 0. The standard InChI is InChI=1S/C22H42N6OS.HI/c1-6-23-21(25-16-14-19(17(3)4)29-7-2)24-15-10-13-20-26-27-22(30-5)28(20)18-11-8-9-12-18;/h17-19H,6-16H2,1-5H3,(H2,23,24,25);1H. The second-order valence-electron chi connectivity index (χ2n) is 8.23. The van der Waals surface area contributed by atoms with Gasteiger partial charge >= 0.3 is 0 Å². The third kappa shape index (κ3) is 9.45. The van der Waals surface area contributed by atoms with Crippen molar-refractivity contribution >= 4 is 41.7 Å². The molecule has 180 valence electrons. The first kappa shape index (κ1) is 28.5. The molecule has 1 aliphatic rings. The Hall–Kier alpha value is -0.550. The summed E-state index contributed by atoms with van der Waals surface area (Å²) in [6.07, 6.45) is 10.4. The van der Waals surface area contributed by atoms with E-state index in [0.717, 1.165) is 62.4 Å². The molecule has 1 saturated carbocycles. The van der Waals surface area contributed by atoms with Gasteiger partial charge in [-0.25, -0.2) is 0 Å². The van der Waals surface area contributed by atoms with E-state index >= 15 is 0 Å². The van der Waals surface area contributed by atoms with E-state index < -0.39 is 0 Å². The number of halogens is 1. The second-order valence-corrected chi connectivity index (χ2v) is 9.00. The highest BCUT2D eigenvalue weighted by Crippen LogP contribution is 2.33. The van der Waals surface area contributed by atoms with E-state index in [2.05, 4.69) is 59.3 Å². The highest BCUT2D eigenvalue weighted by Gasteiger charge is 2.23. The normalized spacial score (nSPS) is 15.9. The third-order valence-electron chi connectivity index (χ3n) is 5.63. The van der Waals surface area contributed by atoms with Crippen LogP contribution in [-0.4, -0.2) is 59.3 Å². The molecule has 0 saturated heterocycles. The molecule has 1 aliphatic carbocycles. The average molecular weight is 567 g/mol. The van der Waals surface area contributed by atoms with Gasteiger partial charge in [0.05, 0.1) is 6.10 Å². The lowest BCUT2D eigenvalue weighted by Gasteiger charge is -2.21. The molecule has 2 N–H and O–H groups in total. The van der Waals surface area contributed by atoms with Crippen LogP contribution in [0.1, 0.15) is 78.1 Å². The quantitative estimate of drug-likeness (QED) is 0.119.